The van der Waals surface area contributed by atoms with Crippen LogP contribution in [0.4, 0.5) is 5.82 Å². The second kappa shape index (κ2) is 12.9. The SMILES string of the molecule is COc1ccc([C@H](OC)C(=O)N(CC(=O)Nc2nn(-c3ccccc3)cc2-c2ccccc2)C(C)C)cc1OC. The largest absolute Gasteiger partial charge is 0.493 e. The lowest BCUT2D eigenvalue weighted by atomic mass is 10.1. The molecule has 1 heterocycles. The monoisotopic (exact) mass is 542 g/mol. The second-order valence-electron chi connectivity index (χ2n) is 9.38. The maximum absolute atomic E-state index is 13.7. The molecule has 2 amide bonds. The van der Waals surface area contributed by atoms with E-state index in [9.17, 15) is 9.59 Å². The third-order valence-corrected chi connectivity index (χ3v) is 6.47. The molecule has 1 aromatic heterocycles. The number of benzene rings is 3. The van der Waals surface area contributed by atoms with E-state index in [1.54, 1.807) is 30.0 Å². The molecule has 9 heteroatoms. The number of hydrogen-bond acceptors (Lipinski definition) is 6. The van der Waals surface area contributed by atoms with Crippen LogP contribution in [0, 0.1) is 0 Å². The van der Waals surface area contributed by atoms with Gasteiger partial charge in [-0.1, -0.05) is 54.6 Å². The molecular formula is C31H34N4O5. The number of hydrogen-bond donors (Lipinski definition) is 1. The molecular weight excluding hydrogens is 508 g/mol. The lowest BCUT2D eigenvalue weighted by Gasteiger charge is -2.30. The van der Waals surface area contributed by atoms with Gasteiger partial charge in [0.25, 0.3) is 5.91 Å². The topological polar surface area (TPSA) is 94.9 Å². The molecule has 0 aliphatic rings. The van der Waals surface area contributed by atoms with Crippen LogP contribution in [0.3, 0.4) is 0 Å². The quantitative estimate of drug-likeness (QED) is 0.283. The van der Waals surface area contributed by atoms with Gasteiger partial charge in [0.05, 0.1) is 19.9 Å². The summed E-state index contributed by atoms with van der Waals surface area (Å²) in [6, 6.07) is 24.2. The fourth-order valence-electron chi connectivity index (χ4n) is 4.40. The van der Waals surface area contributed by atoms with Gasteiger partial charge in [-0.25, -0.2) is 4.68 Å². The van der Waals surface area contributed by atoms with Crippen LogP contribution in [-0.2, 0) is 14.3 Å². The maximum atomic E-state index is 13.7. The van der Waals surface area contributed by atoms with Crippen LogP contribution in [0.15, 0.2) is 85.1 Å². The standard InChI is InChI=1S/C31H34N4O5/c1-21(2)34(31(37)29(40-5)23-16-17-26(38-3)27(18-23)39-4)20-28(36)32-30-25(22-12-8-6-9-13-22)19-35(33-30)24-14-10-7-11-15-24/h6-19,21,29H,20H2,1-5H3,(H,32,33,36)/t29-/m0/s1. The van der Waals surface area contributed by atoms with Crippen LogP contribution in [0.2, 0.25) is 0 Å². The first-order valence-corrected chi connectivity index (χ1v) is 12.9. The summed E-state index contributed by atoms with van der Waals surface area (Å²) in [5.74, 6) is 0.695. The Kier molecular flexibility index (Phi) is 9.19. The summed E-state index contributed by atoms with van der Waals surface area (Å²) >= 11 is 0. The number of amides is 2. The molecule has 4 rings (SSSR count). The average molecular weight is 543 g/mol. The smallest absolute Gasteiger partial charge is 0.257 e. The highest BCUT2D eigenvalue weighted by Crippen LogP contribution is 2.32. The Morgan fingerprint density at radius 2 is 1.55 bits per heavy atom. The van der Waals surface area contributed by atoms with Crippen LogP contribution in [0.1, 0.15) is 25.5 Å². The Labute approximate surface area is 234 Å². The van der Waals surface area contributed by atoms with E-state index in [1.807, 2.05) is 80.7 Å². The number of rotatable bonds is 11. The molecule has 208 valence electrons. The molecule has 4 aromatic rings. The Hall–Kier alpha value is -4.63. The minimum atomic E-state index is -0.938. The second-order valence-corrected chi connectivity index (χ2v) is 9.38. The van der Waals surface area contributed by atoms with Gasteiger partial charge in [0.1, 0.15) is 6.54 Å². The number of nitrogens with one attached hydrogen (secondary N) is 1. The zero-order valence-corrected chi connectivity index (χ0v) is 23.3. The molecule has 1 atom stereocenters. The third-order valence-electron chi connectivity index (χ3n) is 6.47. The van der Waals surface area contributed by atoms with E-state index in [1.165, 1.54) is 19.1 Å². The summed E-state index contributed by atoms with van der Waals surface area (Å²) in [5.41, 5.74) is 3.12. The number of methoxy groups -OCH3 is 3. The van der Waals surface area contributed by atoms with E-state index in [0.717, 1.165) is 16.8 Å². The van der Waals surface area contributed by atoms with Gasteiger partial charge in [0, 0.05) is 24.9 Å². The van der Waals surface area contributed by atoms with Gasteiger partial charge in [0.15, 0.2) is 23.4 Å². The number of nitrogens with zero attached hydrogens (tertiary/aromatic N) is 3. The highest BCUT2D eigenvalue weighted by molar-refractivity contribution is 5.97. The lowest BCUT2D eigenvalue weighted by Crippen LogP contribution is -2.45. The van der Waals surface area contributed by atoms with E-state index >= 15 is 0 Å². The van der Waals surface area contributed by atoms with Crippen LogP contribution in [-0.4, -0.2) is 60.4 Å². The van der Waals surface area contributed by atoms with Gasteiger partial charge in [0.2, 0.25) is 5.91 Å². The molecule has 9 nitrogen and oxygen atoms in total. The van der Waals surface area contributed by atoms with E-state index in [2.05, 4.69) is 10.4 Å². The predicted octanol–water partition coefficient (Wildman–Crippen LogP) is 5.12. The number of aromatic nitrogens is 2. The van der Waals surface area contributed by atoms with Crippen molar-refractivity contribution in [3.05, 3.63) is 90.6 Å². The molecule has 0 aliphatic heterocycles. The van der Waals surface area contributed by atoms with Gasteiger partial charge in [-0.3, -0.25) is 9.59 Å². The maximum Gasteiger partial charge on any atom is 0.257 e. The highest BCUT2D eigenvalue weighted by atomic mass is 16.5. The molecule has 0 saturated heterocycles. The number of carbonyl (C=O) groups excluding carboxylic acids is 2. The fourth-order valence-corrected chi connectivity index (χ4v) is 4.40. The normalized spacial score (nSPS) is 11.7. The summed E-state index contributed by atoms with van der Waals surface area (Å²) in [6.07, 6.45) is 0.941. The van der Waals surface area contributed by atoms with Gasteiger partial charge in [-0.05, 0) is 49.2 Å². The van der Waals surface area contributed by atoms with Crippen LogP contribution < -0.4 is 14.8 Å². The highest BCUT2D eigenvalue weighted by Gasteiger charge is 2.30. The number of carbonyl (C=O) groups is 2. The molecule has 0 aliphatic carbocycles. The predicted molar refractivity (Wildman–Crippen MR) is 154 cm³/mol. The van der Waals surface area contributed by atoms with Gasteiger partial charge < -0.3 is 24.4 Å². The van der Waals surface area contributed by atoms with Crippen molar-refractivity contribution in [2.24, 2.45) is 0 Å². The Bertz CT molecular complexity index is 1440. The zero-order chi connectivity index (χ0) is 28.6. The van der Waals surface area contributed by atoms with Gasteiger partial charge >= 0.3 is 0 Å². The molecule has 0 spiro atoms. The molecule has 0 radical (unpaired) electrons. The number of ether oxygens (including phenoxy) is 3. The van der Waals surface area contributed by atoms with Crippen molar-refractivity contribution in [3.63, 3.8) is 0 Å². The zero-order valence-electron chi connectivity index (χ0n) is 23.3. The molecule has 40 heavy (non-hydrogen) atoms. The van der Waals surface area contributed by atoms with E-state index < -0.39 is 6.10 Å². The summed E-state index contributed by atoms with van der Waals surface area (Å²) < 4.78 is 18.0. The van der Waals surface area contributed by atoms with Crippen molar-refractivity contribution < 1.29 is 23.8 Å². The number of para-hydroxylation sites is 1. The van der Waals surface area contributed by atoms with Crippen molar-refractivity contribution >= 4 is 17.6 Å². The van der Waals surface area contributed by atoms with Crippen molar-refractivity contribution in [3.8, 4) is 28.3 Å². The van der Waals surface area contributed by atoms with Crippen LogP contribution >= 0.6 is 0 Å². The molecule has 0 bridgehead atoms. The summed E-state index contributed by atoms with van der Waals surface area (Å²) in [4.78, 5) is 28.5. The Morgan fingerprint density at radius 1 is 0.900 bits per heavy atom. The van der Waals surface area contributed by atoms with Gasteiger partial charge in [-0.15, -0.1) is 5.10 Å². The third kappa shape index (κ3) is 6.32. The molecule has 0 saturated carbocycles. The van der Waals surface area contributed by atoms with Crippen LogP contribution in [0.25, 0.3) is 16.8 Å². The van der Waals surface area contributed by atoms with E-state index in [4.69, 9.17) is 14.2 Å². The van der Waals surface area contributed by atoms with Crippen LogP contribution in [0.5, 0.6) is 11.5 Å². The Balaban J connectivity index is 1.58. The minimum Gasteiger partial charge on any atom is -0.493 e. The minimum absolute atomic E-state index is 0.184. The van der Waals surface area contributed by atoms with Crippen molar-refractivity contribution in [1.82, 2.24) is 14.7 Å². The van der Waals surface area contributed by atoms with E-state index in [0.29, 0.717) is 22.9 Å². The first-order valence-electron chi connectivity index (χ1n) is 12.9. The Morgan fingerprint density at radius 3 is 2.15 bits per heavy atom. The summed E-state index contributed by atoms with van der Waals surface area (Å²) in [7, 11) is 4.53. The number of anilines is 1. The lowest BCUT2D eigenvalue weighted by molar-refractivity contribution is -0.146. The molecule has 0 fully saturated rings. The summed E-state index contributed by atoms with van der Waals surface area (Å²) in [5, 5.41) is 7.59. The molecule has 1 N–H and O–H groups in total. The average Bonchev–Trinajstić information content (AvgIpc) is 3.40. The molecule has 3 aromatic carbocycles. The summed E-state index contributed by atoms with van der Waals surface area (Å²) in [6.45, 7) is 3.52. The van der Waals surface area contributed by atoms with Crippen molar-refractivity contribution in [2.45, 2.75) is 26.0 Å². The van der Waals surface area contributed by atoms with E-state index in [-0.39, 0.29) is 24.4 Å². The fraction of sp³-hybridized carbons (Fsp3) is 0.258. The first kappa shape index (κ1) is 28.4. The molecule has 0 unspecified atom stereocenters. The first-order chi connectivity index (χ1) is 19.4. The van der Waals surface area contributed by atoms with Crippen molar-refractivity contribution in [1.29, 1.82) is 0 Å². The van der Waals surface area contributed by atoms with Crippen molar-refractivity contribution in [2.75, 3.05) is 33.2 Å². The van der Waals surface area contributed by atoms with Gasteiger partial charge in [-0.2, -0.15) is 0 Å².